The third kappa shape index (κ3) is 3.36. The maximum absolute atomic E-state index is 5.58. The molecule has 26 heavy (non-hydrogen) atoms. The van der Waals surface area contributed by atoms with Crippen LogP contribution in [0.15, 0.2) is 36.9 Å². The van der Waals surface area contributed by atoms with Crippen LogP contribution in [0.1, 0.15) is 0 Å². The van der Waals surface area contributed by atoms with E-state index in [1.165, 1.54) is 6.33 Å². The van der Waals surface area contributed by atoms with Crippen molar-refractivity contribution in [1.29, 1.82) is 0 Å². The molecule has 0 atom stereocenters. The van der Waals surface area contributed by atoms with Crippen LogP contribution in [-0.2, 0) is 0 Å². The summed E-state index contributed by atoms with van der Waals surface area (Å²) in [4.78, 5) is 21.6. The Morgan fingerprint density at radius 3 is 2.73 bits per heavy atom. The van der Waals surface area contributed by atoms with Crippen molar-refractivity contribution in [3.63, 3.8) is 0 Å². The summed E-state index contributed by atoms with van der Waals surface area (Å²) in [6.07, 6.45) is 4.87. The number of rotatable bonds is 4. The van der Waals surface area contributed by atoms with Gasteiger partial charge in [-0.15, -0.1) is 0 Å². The molecule has 0 radical (unpaired) electrons. The molecule has 1 aliphatic rings. The molecule has 8 heteroatoms. The average molecular weight is 351 g/mol. The standard InChI is InChI=1S/C18H21N7O/c1-24-5-7-25(8-6-24)14-3-4-15(16(9-14)26-2)22-18-20-11-13-10-19-12-21-17(13)23-18/h3-4,9-12H,5-8H2,1-2H3,(H,19,20,21,22,23). The number of hydrogen-bond donors (Lipinski definition) is 1. The van der Waals surface area contributed by atoms with Crippen molar-refractivity contribution in [2.45, 2.75) is 0 Å². The van der Waals surface area contributed by atoms with Gasteiger partial charge in [0.1, 0.15) is 12.1 Å². The monoisotopic (exact) mass is 351 g/mol. The number of piperazine rings is 1. The quantitative estimate of drug-likeness (QED) is 0.764. The molecule has 134 valence electrons. The van der Waals surface area contributed by atoms with Crippen molar-refractivity contribution in [2.75, 3.05) is 50.6 Å². The molecule has 1 aliphatic heterocycles. The zero-order valence-electron chi connectivity index (χ0n) is 14.9. The molecule has 0 bridgehead atoms. The Kier molecular flexibility index (Phi) is 4.49. The van der Waals surface area contributed by atoms with Crippen LogP contribution in [0.25, 0.3) is 11.0 Å². The van der Waals surface area contributed by atoms with Crippen LogP contribution in [0.5, 0.6) is 5.75 Å². The van der Waals surface area contributed by atoms with Crippen molar-refractivity contribution >= 4 is 28.4 Å². The number of fused-ring (bicyclic) bond motifs is 1. The minimum atomic E-state index is 0.474. The van der Waals surface area contributed by atoms with E-state index in [1.54, 1.807) is 19.5 Å². The number of nitrogens with one attached hydrogen (secondary N) is 1. The number of methoxy groups -OCH3 is 1. The van der Waals surface area contributed by atoms with Crippen LogP contribution in [0, 0.1) is 0 Å². The maximum atomic E-state index is 5.58. The van der Waals surface area contributed by atoms with Crippen molar-refractivity contribution in [1.82, 2.24) is 24.8 Å². The topological polar surface area (TPSA) is 79.3 Å². The number of nitrogens with zero attached hydrogens (tertiary/aromatic N) is 6. The predicted octanol–water partition coefficient (Wildman–Crippen LogP) is 1.92. The number of aromatic nitrogens is 4. The van der Waals surface area contributed by atoms with Gasteiger partial charge in [-0.25, -0.2) is 15.0 Å². The Morgan fingerprint density at radius 2 is 1.92 bits per heavy atom. The SMILES string of the molecule is COc1cc(N2CCN(C)CC2)ccc1Nc1ncc2cncnc2n1. The van der Waals surface area contributed by atoms with Crippen molar-refractivity contribution < 1.29 is 4.74 Å². The zero-order valence-corrected chi connectivity index (χ0v) is 14.9. The predicted molar refractivity (Wildman–Crippen MR) is 101 cm³/mol. The Labute approximate surface area is 151 Å². The number of likely N-dealkylation sites (N-methyl/N-ethyl adjacent to an activating group) is 1. The molecule has 0 saturated carbocycles. The Hall–Kier alpha value is -3.00. The summed E-state index contributed by atoms with van der Waals surface area (Å²) in [6, 6.07) is 6.15. The molecule has 0 amide bonds. The van der Waals surface area contributed by atoms with E-state index in [4.69, 9.17) is 4.74 Å². The first-order chi connectivity index (χ1) is 12.7. The van der Waals surface area contributed by atoms with E-state index in [0.717, 1.165) is 48.7 Å². The smallest absolute Gasteiger partial charge is 0.229 e. The highest BCUT2D eigenvalue weighted by atomic mass is 16.5. The number of benzene rings is 1. The highest BCUT2D eigenvalue weighted by molar-refractivity contribution is 5.75. The second-order valence-corrected chi connectivity index (χ2v) is 6.30. The second-order valence-electron chi connectivity index (χ2n) is 6.30. The molecule has 1 fully saturated rings. The highest BCUT2D eigenvalue weighted by Crippen LogP contribution is 2.31. The third-order valence-corrected chi connectivity index (χ3v) is 4.56. The van der Waals surface area contributed by atoms with Gasteiger partial charge in [-0.1, -0.05) is 0 Å². The van der Waals surface area contributed by atoms with Gasteiger partial charge in [0.25, 0.3) is 0 Å². The van der Waals surface area contributed by atoms with Gasteiger partial charge in [-0.2, -0.15) is 4.98 Å². The van der Waals surface area contributed by atoms with Crippen LogP contribution in [0.2, 0.25) is 0 Å². The normalized spacial score (nSPS) is 15.2. The molecular formula is C18H21N7O. The zero-order chi connectivity index (χ0) is 17.9. The number of hydrogen-bond acceptors (Lipinski definition) is 8. The molecule has 0 spiro atoms. The van der Waals surface area contributed by atoms with Gasteiger partial charge < -0.3 is 19.9 Å². The fourth-order valence-corrected chi connectivity index (χ4v) is 3.00. The molecular weight excluding hydrogens is 330 g/mol. The Bertz CT molecular complexity index is 909. The molecule has 1 saturated heterocycles. The first-order valence-electron chi connectivity index (χ1n) is 8.54. The third-order valence-electron chi connectivity index (χ3n) is 4.56. The van der Waals surface area contributed by atoms with Crippen LogP contribution < -0.4 is 15.0 Å². The summed E-state index contributed by atoms with van der Waals surface area (Å²) >= 11 is 0. The summed E-state index contributed by atoms with van der Waals surface area (Å²) < 4.78 is 5.58. The second kappa shape index (κ2) is 7.09. The van der Waals surface area contributed by atoms with Gasteiger partial charge >= 0.3 is 0 Å². The first-order valence-corrected chi connectivity index (χ1v) is 8.54. The average Bonchev–Trinajstić information content (AvgIpc) is 2.69. The Morgan fingerprint density at radius 1 is 1.08 bits per heavy atom. The van der Waals surface area contributed by atoms with Gasteiger partial charge in [0.15, 0.2) is 5.65 Å². The van der Waals surface area contributed by atoms with E-state index in [2.05, 4.69) is 54.2 Å². The van der Waals surface area contributed by atoms with Gasteiger partial charge in [-0.05, 0) is 19.2 Å². The highest BCUT2D eigenvalue weighted by Gasteiger charge is 2.16. The lowest BCUT2D eigenvalue weighted by molar-refractivity contribution is 0.312. The van der Waals surface area contributed by atoms with E-state index in [0.29, 0.717) is 11.6 Å². The fraction of sp³-hybridized carbons (Fsp3) is 0.333. The minimum absolute atomic E-state index is 0.474. The molecule has 0 unspecified atom stereocenters. The summed E-state index contributed by atoms with van der Waals surface area (Å²) in [5, 5.41) is 4.02. The molecule has 1 aromatic carbocycles. The van der Waals surface area contributed by atoms with Crippen molar-refractivity contribution in [3.05, 3.63) is 36.9 Å². The van der Waals surface area contributed by atoms with Crippen molar-refractivity contribution in [3.8, 4) is 5.75 Å². The van der Waals surface area contributed by atoms with Crippen LogP contribution in [-0.4, -0.2) is 65.2 Å². The minimum Gasteiger partial charge on any atom is -0.494 e. The van der Waals surface area contributed by atoms with E-state index in [9.17, 15) is 0 Å². The van der Waals surface area contributed by atoms with E-state index in [-0.39, 0.29) is 0 Å². The van der Waals surface area contributed by atoms with Gasteiger partial charge in [-0.3, -0.25) is 0 Å². The van der Waals surface area contributed by atoms with E-state index in [1.807, 2.05) is 6.07 Å². The summed E-state index contributed by atoms with van der Waals surface area (Å²) in [5.41, 5.74) is 2.58. The van der Waals surface area contributed by atoms with Gasteiger partial charge in [0.2, 0.25) is 5.95 Å². The van der Waals surface area contributed by atoms with Gasteiger partial charge in [0.05, 0.1) is 18.2 Å². The maximum Gasteiger partial charge on any atom is 0.229 e. The molecule has 3 heterocycles. The molecule has 1 N–H and O–H groups in total. The molecule has 0 aliphatic carbocycles. The van der Waals surface area contributed by atoms with Crippen molar-refractivity contribution in [2.24, 2.45) is 0 Å². The molecule has 4 rings (SSSR count). The lowest BCUT2D eigenvalue weighted by Gasteiger charge is -2.34. The van der Waals surface area contributed by atoms with Crippen LogP contribution >= 0.6 is 0 Å². The fourth-order valence-electron chi connectivity index (χ4n) is 3.00. The summed E-state index contributed by atoms with van der Waals surface area (Å²) in [6.45, 7) is 4.16. The van der Waals surface area contributed by atoms with Crippen LogP contribution in [0.4, 0.5) is 17.3 Å². The molecule has 3 aromatic rings. The van der Waals surface area contributed by atoms with Crippen LogP contribution in [0.3, 0.4) is 0 Å². The number of ether oxygens (including phenoxy) is 1. The lowest BCUT2D eigenvalue weighted by atomic mass is 10.2. The van der Waals surface area contributed by atoms with E-state index < -0.39 is 0 Å². The lowest BCUT2D eigenvalue weighted by Crippen LogP contribution is -2.44. The molecule has 2 aromatic heterocycles. The largest absolute Gasteiger partial charge is 0.494 e. The van der Waals surface area contributed by atoms with E-state index >= 15 is 0 Å². The summed E-state index contributed by atoms with van der Waals surface area (Å²) in [7, 11) is 3.82. The van der Waals surface area contributed by atoms with Gasteiger partial charge in [0, 0.05) is 50.3 Å². The molecule has 8 nitrogen and oxygen atoms in total. The first kappa shape index (κ1) is 16.5. The summed E-state index contributed by atoms with van der Waals surface area (Å²) in [5.74, 6) is 1.23. The Balaban J connectivity index is 1.57. The number of anilines is 3.